The number of nitrogens with one attached hydrogen (secondary N) is 2. The first-order chi connectivity index (χ1) is 11.6. The van der Waals surface area contributed by atoms with Crippen LogP contribution in [0.1, 0.15) is 32.3 Å². The van der Waals surface area contributed by atoms with Gasteiger partial charge in [-0.1, -0.05) is 19.1 Å². The fourth-order valence-electron chi connectivity index (χ4n) is 2.83. The van der Waals surface area contributed by atoms with Gasteiger partial charge in [0.15, 0.2) is 5.96 Å². The summed E-state index contributed by atoms with van der Waals surface area (Å²) < 4.78 is 13.2. The topological polar surface area (TPSA) is 56.7 Å². The molecule has 0 spiro atoms. The van der Waals surface area contributed by atoms with Crippen LogP contribution in [0.15, 0.2) is 29.3 Å². The van der Waals surface area contributed by atoms with E-state index in [9.17, 15) is 9.18 Å². The van der Waals surface area contributed by atoms with Crippen molar-refractivity contribution in [2.24, 2.45) is 4.99 Å². The van der Waals surface area contributed by atoms with Crippen LogP contribution in [0.5, 0.6) is 0 Å². The van der Waals surface area contributed by atoms with Crippen molar-refractivity contribution in [1.29, 1.82) is 0 Å². The Morgan fingerprint density at radius 1 is 1.42 bits per heavy atom. The van der Waals surface area contributed by atoms with Gasteiger partial charge in [-0.2, -0.15) is 0 Å². The Morgan fingerprint density at radius 3 is 2.96 bits per heavy atom. The average Bonchev–Trinajstić information content (AvgIpc) is 3.03. The average molecular weight is 334 g/mol. The van der Waals surface area contributed by atoms with Crippen LogP contribution in [0, 0.1) is 5.82 Å². The van der Waals surface area contributed by atoms with E-state index in [0.717, 1.165) is 37.6 Å². The second-order valence-corrected chi connectivity index (χ2v) is 5.96. The summed E-state index contributed by atoms with van der Waals surface area (Å²) >= 11 is 0. The van der Waals surface area contributed by atoms with E-state index in [0.29, 0.717) is 19.4 Å². The minimum absolute atomic E-state index is 0.201. The summed E-state index contributed by atoms with van der Waals surface area (Å²) in [5.41, 5.74) is 0.940. The van der Waals surface area contributed by atoms with Crippen LogP contribution >= 0.6 is 0 Å². The minimum Gasteiger partial charge on any atom is -0.357 e. The number of rotatable bonds is 6. The molecule has 1 aliphatic heterocycles. The van der Waals surface area contributed by atoms with Crippen molar-refractivity contribution in [3.05, 3.63) is 35.6 Å². The number of halogens is 1. The first-order valence-electron chi connectivity index (χ1n) is 8.69. The highest BCUT2D eigenvalue weighted by atomic mass is 19.1. The van der Waals surface area contributed by atoms with Gasteiger partial charge in [0, 0.05) is 38.6 Å². The monoisotopic (exact) mass is 334 g/mol. The predicted octanol–water partition coefficient (Wildman–Crippen LogP) is 1.93. The number of guanidine groups is 1. The van der Waals surface area contributed by atoms with Gasteiger partial charge in [0.1, 0.15) is 5.82 Å². The number of amides is 1. The van der Waals surface area contributed by atoms with E-state index < -0.39 is 0 Å². The number of likely N-dealkylation sites (tertiary alicyclic amines) is 1. The summed E-state index contributed by atoms with van der Waals surface area (Å²) in [6.07, 6.45) is 2.17. The number of hydrogen-bond donors (Lipinski definition) is 2. The van der Waals surface area contributed by atoms with Crippen molar-refractivity contribution in [3.8, 4) is 0 Å². The molecule has 2 rings (SSSR count). The highest BCUT2D eigenvalue weighted by Gasteiger charge is 2.25. The van der Waals surface area contributed by atoms with Crippen molar-refractivity contribution in [1.82, 2.24) is 15.5 Å². The van der Waals surface area contributed by atoms with Crippen LogP contribution in [0.25, 0.3) is 0 Å². The third-order valence-electron chi connectivity index (χ3n) is 4.09. The zero-order valence-corrected chi connectivity index (χ0v) is 14.5. The molecule has 1 unspecified atom stereocenters. The lowest BCUT2D eigenvalue weighted by atomic mass is 10.1. The lowest BCUT2D eigenvalue weighted by Crippen LogP contribution is -2.45. The largest absolute Gasteiger partial charge is 0.357 e. The maximum absolute atomic E-state index is 13.2. The first-order valence-corrected chi connectivity index (χ1v) is 8.69. The van der Waals surface area contributed by atoms with Gasteiger partial charge in [-0.25, -0.2) is 4.39 Å². The van der Waals surface area contributed by atoms with Gasteiger partial charge in [0.2, 0.25) is 5.91 Å². The molecule has 1 aliphatic rings. The maximum atomic E-state index is 13.2. The summed E-state index contributed by atoms with van der Waals surface area (Å²) in [6.45, 7) is 6.79. The summed E-state index contributed by atoms with van der Waals surface area (Å²) in [5.74, 6) is 0.741. The molecular weight excluding hydrogens is 307 g/mol. The quantitative estimate of drug-likeness (QED) is 0.617. The van der Waals surface area contributed by atoms with Gasteiger partial charge in [0.25, 0.3) is 0 Å². The molecule has 1 heterocycles. The molecule has 132 valence electrons. The maximum Gasteiger partial charge on any atom is 0.222 e. The predicted molar refractivity (Wildman–Crippen MR) is 94.5 cm³/mol. The number of benzene rings is 1. The Morgan fingerprint density at radius 2 is 2.25 bits per heavy atom. The lowest BCUT2D eigenvalue weighted by molar-refractivity contribution is -0.129. The highest BCUT2D eigenvalue weighted by Crippen LogP contribution is 2.10. The van der Waals surface area contributed by atoms with E-state index in [-0.39, 0.29) is 17.8 Å². The molecular formula is C18H27FN4O. The van der Waals surface area contributed by atoms with E-state index in [4.69, 9.17) is 0 Å². The van der Waals surface area contributed by atoms with Crippen LogP contribution in [0.4, 0.5) is 4.39 Å². The van der Waals surface area contributed by atoms with Crippen molar-refractivity contribution in [3.63, 3.8) is 0 Å². The fourth-order valence-corrected chi connectivity index (χ4v) is 2.83. The van der Waals surface area contributed by atoms with E-state index in [2.05, 4.69) is 15.6 Å². The van der Waals surface area contributed by atoms with Crippen LogP contribution < -0.4 is 10.6 Å². The molecule has 0 radical (unpaired) electrons. The summed E-state index contributed by atoms with van der Waals surface area (Å²) in [6, 6.07) is 6.84. The second-order valence-electron chi connectivity index (χ2n) is 5.96. The van der Waals surface area contributed by atoms with E-state index in [1.807, 2.05) is 24.8 Å². The lowest BCUT2D eigenvalue weighted by Gasteiger charge is -2.18. The third kappa shape index (κ3) is 5.51. The number of nitrogens with zero attached hydrogens (tertiary/aromatic N) is 2. The zero-order valence-electron chi connectivity index (χ0n) is 14.5. The Bertz CT molecular complexity index is 576. The number of aliphatic imine (C=N–C) groups is 1. The van der Waals surface area contributed by atoms with Crippen molar-refractivity contribution < 1.29 is 9.18 Å². The van der Waals surface area contributed by atoms with Gasteiger partial charge in [0.05, 0.1) is 0 Å². The molecule has 1 aromatic rings. The molecule has 1 aromatic carbocycles. The molecule has 0 saturated carbocycles. The Hall–Kier alpha value is -2.11. The van der Waals surface area contributed by atoms with Crippen molar-refractivity contribution in [2.75, 3.05) is 26.2 Å². The highest BCUT2D eigenvalue weighted by molar-refractivity contribution is 5.80. The Balaban J connectivity index is 1.86. The van der Waals surface area contributed by atoms with Gasteiger partial charge in [-0.3, -0.25) is 9.79 Å². The Kier molecular flexibility index (Phi) is 7.03. The van der Waals surface area contributed by atoms with E-state index in [1.54, 1.807) is 12.1 Å². The van der Waals surface area contributed by atoms with Crippen molar-refractivity contribution in [2.45, 2.75) is 39.2 Å². The molecule has 5 nitrogen and oxygen atoms in total. The van der Waals surface area contributed by atoms with Crippen LogP contribution in [0.2, 0.25) is 0 Å². The zero-order chi connectivity index (χ0) is 17.4. The molecule has 6 heteroatoms. The Labute approximate surface area is 143 Å². The molecule has 0 aromatic heterocycles. The van der Waals surface area contributed by atoms with E-state index in [1.165, 1.54) is 6.07 Å². The molecule has 1 fully saturated rings. The SMILES string of the molecule is CCNC(=NCCc1cccc(F)c1)NC1CCN(C(=O)CC)C1. The number of hydrogen-bond acceptors (Lipinski definition) is 2. The van der Waals surface area contributed by atoms with Crippen LogP contribution in [-0.2, 0) is 11.2 Å². The molecule has 0 aliphatic carbocycles. The molecule has 0 bridgehead atoms. The standard InChI is InChI=1S/C18H27FN4O/c1-3-17(24)23-11-9-16(13-23)22-18(20-4-2)21-10-8-14-6-5-7-15(19)12-14/h5-7,12,16H,3-4,8-11,13H2,1-2H3,(H2,20,21,22). The molecule has 1 amide bonds. The minimum atomic E-state index is -0.215. The number of carbonyl (C=O) groups excluding carboxylic acids is 1. The molecule has 24 heavy (non-hydrogen) atoms. The second kappa shape index (κ2) is 9.25. The van der Waals surface area contributed by atoms with Gasteiger partial charge < -0.3 is 15.5 Å². The molecule has 1 atom stereocenters. The first kappa shape index (κ1) is 18.2. The fraction of sp³-hybridized carbons (Fsp3) is 0.556. The smallest absolute Gasteiger partial charge is 0.222 e. The molecule has 1 saturated heterocycles. The number of carbonyl (C=O) groups is 1. The normalized spacial score (nSPS) is 17.9. The third-order valence-corrected chi connectivity index (χ3v) is 4.09. The summed E-state index contributed by atoms with van der Waals surface area (Å²) in [7, 11) is 0. The van der Waals surface area contributed by atoms with Crippen molar-refractivity contribution >= 4 is 11.9 Å². The van der Waals surface area contributed by atoms with Gasteiger partial charge in [-0.05, 0) is 37.5 Å². The van der Waals surface area contributed by atoms with Crippen LogP contribution in [-0.4, -0.2) is 49.0 Å². The van der Waals surface area contributed by atoms with E-state index >= 15 is 0 Å². The van der Waals surface area contributed by atoms with Crippen LogP contribution in [0.3, 0.4) is 0 Å². The summed E-state index contributed by atoms with van der Waals surface area (Å²) in [5, 5.41) is 6.62. The molecule has 2 N–H and O–H groups in total. The van der Waals surface area contributed by atoms with Gasteiger partial charge in [-0.15, -0.1) is 0 Å². The van der Waals surface area contributed by atoms with Gasteiger partial charge >= 0.3 is 0 Å². The summed E-state index contributed by atoms with van der Waals surface area (Å²) in [4.78, 5) is 18.2.